The van der Waals surface area contributed by atoms with Crippen molar-refractivity contribution in [3.05, 3.63) is 47.7 Å². The summed E-state index contributed by atoms with van der Waals surface area (Å²) >= 11 is 0. The van der Waals surface area contributed by atoms with E-state index in [1.807, 2.05) is 0 Å². The molecule has 0 radical (unpaired) electrons. The summed E-state index contributed by atoms with van der Waals surface area (Å²) in [4.78, 5) is 4.00. The third kappa shape index (κ3) is 2.75. The second-order valence-electron chi connectivity index (χ2n) is 4.09. The molecule has 0 unspecified atom stereocenters. The smallest absolute Gasteiger partial charge is 0.416 e. The van der Waals surface area contributed by atoms with Gasteiger partial charge in [-0.1, -0.05) is 12.1 Å². The molecule has 0 amide bonds. The van der Waals surface area contributed by atoms with Gasteiger partial charge in [0.25, 0.3) is 0 Å². The lowest BCUT2D eigenvalue weighted by Crippen LogP contribution is -2.04. The molecule has 2 aromatic rings. The quantitative estimate of drug-likeness (QED) is 0.940. The first-order valence-electron chi connectivity index (χ1n) is 5.77. The maximum atomic E-state index is 12.5. The summed E-state index contributed by atoms with van der Waals surface area (Å²) in [6.45, 7) is -0.255. The number of nitrogens with zero attached hydrogens (tertiary/aromatic N) is 1. The number of aliphatic hydroxyl groups is 1. The maximum Gasteiger partial charge on any atom is 0.416 e. The number of alkyl halides is 3. The Morgan fingerprint density at radius 3 is 2.30 bits per heavy atom. The van der Waals surface area contributed by atoms with E-state index in [0.717, 1.165) is 12.1 Å². The van der Waals surface area contributed by atoms with Gasteiger partial charge in [0.15, 0.2) is 0 Å². The van der Waals surface area contributed by atoms with Gasteiger partial charge in [-0.15, -0.1) is 0 Å². The van der Waals surface area contributed by atoms with E-state index in [9.17, 15) is 18.3 Å². The lowest BCUT2D eigenvalue weighted by atomic mass is 10.0. The average Bonchev–Trinajstić information content (AvgIpc) is 2.45. The molecule has 1 heterocycles. The monoisotopic (exact) mass is 283 g/mol. The third-order valence-corrected chi connectivity index (χ3v) is 2.87. The van der Waals surface area contributed by atoms with E-state index in [2.05, 4.69) is 4.98 Å². The highest BCUT2D eigenvalue weighted by molar-refractivity contribution is 5.72. The van der Waals surface area contributed by atoms with E-state index in [4.69, 9.17) is 4.74 Å². The van der Waals surface area contributed by atoms with Crippen LogP contribution in [0.5, 0.6) is 5.88 Å². The zero-order valence-electron chi connectivity index (χ0n) is 10.6. The van der Waals surface area contributed by atoms with Crippen LogP contribution in [0, 0.1) is 0 Å². The van der Waals surface area contributed by atoms with Crippen LogP contribution in [0.25, 0.3) is 11.1 Å². The first-order valence-corrected chi connectivity index (χ1v) is 5.77. The van der Waals surface area contributed by atoms with E-state index in [-0.39, 0.29) is 12.5 Å². The molecule has 20 heavy (non-hydrogen) atoms. The molecule has 1 aromatic heterocycles. The number of ether oxygens (including phenoxy) is 1. The summed E-state index contributed by atoms with van der Waals surface area (Å²) in [5, 5.41) is 9.32. The van der Waals surface area contributed by atoms with Gasteiger partial charge in [-0.25, -0.2) is 4.98 Å². The van der Waals surface area contributed by atoms with Crippen LogP contribution in [-0.2, 0) is 12.8 Å². The Bertz CT molecular complexity index is 572. The molecule has 3 nitrogen and oxygen atoms in total. The highest BCUT2D eigenvalue weighted by atomic mass is 19.4. The third-order valence-electron chi connectivity index (χ3n) is 2.87. The van der Waals surface area contributed by atoms with Crippen molar-refractivity contribution in [2.45, 2.75) is 12.8 Å². The first-order chi connectivity index (χ1) is 9.47. The zero-order chi connectivity index (χ0) is 14.8. The fourth-order valence-corrected chi connectivity index (χ4v) is 1.90. The van der Waals surface area contributed by atoms with Gasteiger partial charge in [0.2, 0.25) is 5.88 Å². The molecule has 0 fully saturated rings. The molecule has 0 aliphatic rings. The Morgan fingerprint density at radius 1 is 1.15 bits per heavy atom. The molecule has 0 saturated heterocycles. The first kappa shape index (κ1) is 14.3. The Kier molecular flexibility index (Phi) is 3.94. The topological polar surface area (TPSA) is 42.4 Å². The number of hydrogen-bond acceptors (Lipinski definition) is 3. The fourth-order valence-electron chi connectivity index (χ4n) is 1.90. The lowest BCUT2D eigenvalue weighted by molar-refractivity contribution is -0.137. The maximum absolute atomic E-state index is 12.5. The number of aliphatic hydroxyl groups excluding tert-OH is 1. The van der Waals surface area contributed by atoms with Crippen molar-refractivity contribution in [1.82, 2.24) is 4.98 Å². The molecular formula is C14H12F3NO2. The molecule has 1 N–H and O–H groups in total. The number of halogens is 3. The van der Waals surface area contributed by atoms with Gasteiger partial charge in [-0.05, 0) is 29.3 Å². The van der Waals surface area contributed by atoms with Crippen molar-refractivity contribution in [2.75, 3.05) is 7.11 Å². The number of rotatable bonds is 3. The van der Waals surface area contributed by atoms with Crippen LogP contribution < -0.4 is 4.74 Å². The van der Waals surface area contributed by atoms with Crippen molar-refractivity contribution < 1.29 is 23.0 Å². The van der Waals surface area contributed by atoms with E-state index in [1.54, 1.807) is 6.07 Å². The molecular weight excluding hydrogens is 271 g/mol. The van der Waals surface area contributed by atoms with Crippen molar-refractivity contribution >= 4 is 0 Å². The normalized spacial score (nSPS) is 11.4. The Morgan fingerprint density at radius 2 is 1.80 bits per heavy atom. The van der Waals surface area contributed by atoms with Crippen LogP contribution in [0.2, 0.25) is 0 Å². The average molecular weight is 283 g/mol. The summed E-state index contributed by atoms with van der Waals surface area (Å²) in [5.41, 5.74) is 0.810. The second-order valence-corrected chi connectivity index (χ2v) is 4.09. The predicted molar refractivity (Wildman–Crippen MR) is 67.1 cm³/mol. The number of aromatic nitrogens is 1. The Labute approximate surface area is 113 Å². The van der Waals surface area contributed by atoms with Crippen LogP contribution in [0.1, 0.15) is 11.1 Å². The van der Waals surface area contributed by atoms with Crippen LogP contribution in [0.4, 0.5) is 13.2 Å². The van der Waals surface area contributed by atoms with E-state index < -0.39 is 11.7 Å². The van der Waals surface area contributed by atoms with Crippen molar-refractivity contribution in [1.29, 1.82) is 0 Å². The molecule has 0 bridgehead atoms. The molecule has 0 spiro atoms. The zero-order valence-corrected chi connectivity index (χ0v) is 10.6. The van der Waals surface area contributed by atoms with Gasteiger partial charge in [-0.2, -0.15) is 13.2 Å². The minimum atomic E-state index is -4.38. The number of pyridine rings is 1. The largest absolute Gasteiger partial charge is 0.481 e. The van der Waals surface area contributed by atoms with Crippen LogP contribution in [0.3, 0.4) is 0 Å². The van der Waals surface area contributed by atoms with Crippen LogP contribution in [0.15, 0.2) is 36.5 Å². The highest BCUT2D eigenvalue weighted by Gasteiger charge is 2.30. The van der Waals surface area contributed by atoms with E-state index >= 15 is 0 Å². The Balaban J connectivity index is 2.51. The van der Waals surface area contributed by atoms with Gasteiger partial charge >= 0.3 is 6.18 Å². The minimum absolute atomic E-state index is 0.255. The summed E-state index contributed by atoms with van der Waals surface area (Å²) in [7, 11) is 1.41. The van der Waals surface area contributed by atoms with Crippen molar-refractivity contribution in [3.8, 4) is 17.0 Å². The summed E-state index contributed by atoms with van der Waals surface area (Å²) in [6, 6.07) is 6.24. The van der Waals surface area contributed by atoms with Crippen molar-refractivity contribution in [3.63, 3.8) is 0 Å². The molecule has 0 saturated carbocycles. The van der Waals surface area contributed by atoms with Gasteiger partial charge < -0.3 is 9.84 Å². The molecule has 106 valence electrons. The Hall–Kier alpha value is -2.08. The van der Waals surface area contributed by atoms with E-state index in [1.165, 1.54) is 25.4 Å². The SMILES string of the molecule is COc1nccc(CO)c1-c1ccc(C(F)(F)F)cc1. The van der Waals surface area contributed by atoms with Gasteiger partial charge in [-0.3, -0.25) is 0 Å². The molecule has 0 aliphatic heterocycles. The van der Waals surface area contributed by atoms with Gasteiger partial charge in [0.05, 0.1) is 19.3 Å². The minimum Gasteiger partial charge on any atom is -0.481 e. The molecule has 1 aromatic carbocycles. The molecule has 0 atom stereocenters. The number of methoxy groups -OCH3 is 1. The summed E-state index contributed by atoms with van der Waals surface area (Å²) < 4.78 is 42.7. The van der Waals surface area contributed by atoms with Crippen LogP contribution >= 0.6 is 0 Å². The van der Waals surface area contributed by atoms with Crippen LogP contribution in [-0.4, -0.2) is 17.2 Å². The lowest BCUT2D eigenvalue weighted by Gasteiger charge is -2.13. The molecule has 0 aliphatic carbocycles. The number of hydrogen-bond donors (Lipinski definition) is 1. The van der Waals surface area contributed by atoms with Gasteiger partial charge in [0.1, 0.15) is 0 Å². The highest BCUT2D eigenvalue weighted by Crippen LogP contribution is 2.34. The van der Waals surface area contributed by atoms with E-state index in [0.29, 0.717) is 16.7 Å². The predicted octanol–water partition coefficient (Wildman–Crippen LogP) is 3.27. The van der Waals surface area contributed by atoms with Crippen molar-refractivity contribution in [2.24, 2.45) is 0 Å². The fraction of sp³-hybridized carbons (Fsp3) is 0.214. The molecule has 2 rings (SSSR count). The molecule has 6 heteroatoms. The standard InChI is InChI=1S/C14H12F3NO2/c1-20-13-12(10(8-19)6-7-18-13)9-2-4-11(5-3-9)14(15,16)17/h2-7,19H,8H2,1H3. The summed E-state index contributed by atoms with van der Waals surface area (Å²) in [5.74, 6) is 0.260. The number of benzene rings is 1. The summed E-state index contributed by atoms with van der Waals surface area (Å²) in [6.07, 6.45) is -2.91. The second kappa shape index (κ2) is 5.50. The van der Waals surface area contributed by atoms with Gasteiger partial charge in [0, 0.05) is 11.8 Å².